The zero-order valence-corrected chi connectivity index (χ0v) is 13.4. The molecule has 22 heavy (non-hydrogen) atoms. The molecule has 3 saturated carbocycles. The second kappa shape index (κ2) is 6.16. The second-order valence-corrected chi connectivity index (χ2v) is 7.70. The monoisotopic (exact) mass is 297 g/mol. The molecule has 3 aliphatic rings. The van der Waals surface area contributed by atoms with Crippen molar-refractivity contribution in [1.29, 1.82) is 0 Å². The van der Waals surface area contributed by atoms with Crippen LogP contribution in [0, 0.1) is 11.8 Å². The Hall–Kier alpha value is -1.15. The van der Waals surface area contributed by atoms with Gasteiger partial charge < -0.3 is 5.32 Å². The van der Waals surface area contributed by atoms with E-state index in [1.165, 1.54) is 57.1 Å². The number of nitrogens with one attached hydrogen (secondary N) is 1. The first-order chi connectivity index (χ1) is 10.8. The smallest absolute Gasteiger partial charge is 0.163 e. The Morgan fingerprint density at radius 2 is 1.91 bits per heavy atom. The first kappa shape index (κ1) is 14.4. The van der Waals surface area contributed by atoms with Crippen LogP contribution in [0.15, 0.2) is 24.3 Å². The van der Waals surface area contributed by atoms with Gasteiger partial charge in [-0.15, -0.1) is 0 Å². The van der Waals surface area contributed by atoms with Gasteiger partial charge in [0.05, 0.1) is 0 Å². The van der Waals surface area contributed by atoms with Crippen molar-refractivity contribution >= 4 is 5.78 Å². The van der Waals surface area contributed by atoms with E-state index < -0.39 is 0 Å². The standard InChI is InChI=1S/C20H27NO/c22-20(10-14-4-1-2-5-14)17-7-3-6-16(11-17)18-12-19(18)21-13-15-8-9-15/h3,6-7,11,14-15,18-19,21H,1-2,4-5,8-10,12-13H2. The molecule has 3 aliphatic carbocycles. The van der Waals surface area contributed by atoms with E-state index in [2.05, 4.69) is 23.5 Å². The first-order valence-electron chi connectivity index (χ1n) is 9.16. The van der Waals surface area contributed by atoms with Crippen molar-refractivity contribution < 1.29 is 4.79 Å². The van der Waals surface area contributed by atoms with Crippen LogP contribution >= 0.6 is 0 Å². The topological polar surface area (TPSA) is 29.1 Å². The van der Waals surface area contributed by atoms with E-state index in [-0.39, 0.29) is 0 Å². The van der Waals surface area contributed by atoms with Gasteiger partial charge in [-0.1, -0.05) is 43.9 Å². The lowest BCUT2D eigenvalue weighted by molar-refractivity contribution is 0.0962. The van der Waals surface area contributed by atoms with Crippen molar-refractivity contribution in [3.05, 3.63) is 35.4 Å². The van der Waals surface area contributed by atoms with Gasteiger partial charge in [-0.05, 0) is 49.3 Å². The summed E-state index contributed by atoms with van der Waals surface area (Å²) in [6, 6.07) is 9.11. The van der Waals surface area contributed by atoms with Crippen molar-refractivity contribution in [3.63, 3.8) is 0 Å². The fraction of sp³-hybridized carbons (Fsp3) is 0.650. The van der Waals surface area contributed by atoms with Crippen LogP contribution < -0.4 is 5.32 Å². The molecule has 0 aromatic heterocycles. The summed E-state index contributed by atoms with van der Waals surface area (Å²) in [5.41, 5.74) is 2.31. The Bertz CT molecular complexity index is 542. The lowest BCUT2D eigenvalue weighted by atomic mass is 9.95. The summed E-state index contributed by atoms with van der Waals surface area (Å²) in [6.07, 6.45) is 9.96. The number of carbonyl (C=O) groups is 1. The fourth-order valence-electron chi connectivity index (χ4n) is 3.97. The second-order valence-electron chi connectivity index (χ2n) is 7.70. The van der Waals surface area contributed by atoms with Gasteiger partial charge in [-0.3, -0.25) is 4.79 Å². The van der Waals surface area contributed by atoms with Crippen LogP contribution in [-0.2, 0) is 0 Å². The molecule has 0 bridgehead atoms. The first-order valence-corrected chi connectivity index (χ1v) is 9.16. The van der Waals surface area contributed by atoms with Crippen LogP contribution in [0.4, 0.5) is 0 Å². The van der Waals surface area contributed by atoms with Gasteiger partial charge in [0.1, 0.15) is 0 Å². The molecule has 0 saturated heterocycles. The summed E-state index contributed by atoms with van der Waals surface area (Å²) in [7, 11) is 0. The minimum absolute atomic E-state index is 0.358. The number of benzene rings is 1. The fourth-order valence-corrected chi connectivity index (χ4v) is 3.97. The highest BCUT2D eigenvalue weighted by Gasteiger charge is 2.39. The van der Waals surface area contributed by atoms with Crippen LogP contribution in [-0.4, -0.2) is 18.4 Å². The third-order valence-electron chi connectivity index (χ3n) is 5.74. The number of ketones is 1. The minimum Gasteiger partial charge on any atom is -0.313 e. The molecule has 2 heteroatoms. The molecule has 3 fully saturated rings. The lowest BCUT2D eigenvalue weighted by Gasteiger charge is -2.09. The molecule has 0 radical (unpaired) electrons. The summed E-state index contributed by atoms with van der Waals surface area (Å²) < 4.78 is 0. The molecular weight excluding hydrogens is 270 g/mol. The molecule has 0 spiro atoms. The van der Waals surface area contributed by atoms with Gasteiger partial charge in [0, 0.05) is 23.9 Å². The highest BCUT2D eigenvalue weighted by molar-refractivity contribution is 5.96. The maximum atomic E-state index is 12.5. The van der Waals surface area contributed by atoms with Crippen LogP contribution in [0.3, 0.4) is 0 Å². The van der Waals surface area contributed by atoms with Crippen LogP contribution in [0.2, 0.25) is 0 Å². The molecule has 2 nitrogen and oxygen atoms in total. The van der Waals surface area contributed by atoms with E-state index >= 15 is 0 Å². The van der Waals surface area contributed by atoms with Gasteiger partial charge in [-0.2, -0.15) is 0 Å². The number of carbonyl (C=O) groups excluding carboxylic acids is 1. The van der Waals surface area contributed by atoms with Crippen LogP contribution in [0.25, 0.3) is 0 Å². The Balaban J connectivity index is 1.34. The molecule has 0 amide bonds. The Kier molecular flexibility index (Phi) is 4.04. The van der Waals surface area contributed by atoms with E-state index in [1.807, 2.05) is 6.07 Å². The number of hydrogen-bond donors (Lipinski definition) is 1. The summed E-state index contributed by atoms with van der Waals surface area (Å²) >= 11 is 0. The Morgan fingerprint density at radius 1 is 1.09 bits per heavy atom. The SMILES string of the molecule is O=C(CC1CCCC1)c1cccc(C2CC2NCC2CC2)c1. The maximum absolute atomic E-state index is 12.5. The highest BCUT2D eigenvalue weighted by Crippen LogP contribution is 2.42. The summed E-state index contributed by atoms with van der Waals surface area (Å²) in [5, 5.41) is 3.69. The number of hydrogen-bond acceptors (Lipinski definition) is 2. The van der Waals surface area contributed by atoms with Crippen molar-refractivity contribution in [1.82, 2.24) is 5.32 Å². The molecule has 118 valence electrons. The Labute approximate surface area is 133 Å². The van der Waals surface area contributed by atoms with Crippen LogP contribution in [0.1, 0.15) is 73.2 Å². The van der Waals surface area contributed by atoms with Crippen molar-refractivity contribution in [2.75, 3.05) is 6.54 Å². The largest absolute Gasteiger partial charge is 0.313 e. The molecule has 1 aromatic carbocycles. The van der Waals surface area contributed by atoms with E-state index in [0.717, 1.165) is 17.9 Å². The Morgan fingerprint density at radius 3 is 2.68 bits per heavy atom. The molecule has 0 aliphatic heterocycles. The third kappa shape index (κ3) is 3.43. The van der Waals surface area contributed by atoms with Gasteiger partial charge in [0.25, 0.3) is 0 Å². The summed E-state index contributed by atoms with van der Waals surface area (Å²) in [5.74, 6) is 2.58. The number of rotatable bonds is 7. The van der Waals surface area contributed by atoms with E-state index in [9.17, 15) is 4.79 Å². The van der Waals surface area contributed by atoms with E-state index in [0.29, 0.717) is 23.7 Å². The summed E-state index contributed by atoms with van der Waals surface area (Å²) in [6.45, 7) is 1.20. The van der Waals surface area contributed by atoms with Crippen molar-refractivity contribution in [3.8, 4) is 0 Å². The molecule has 2 unspecified atom stereocenters. The molecule has 1 aromatic rings. The highest BCUT2D eigenvalue weighted by atomic mass is 16.1. The average Bonchev–Trinajstić information content (AvgIpc) is 3.45. The van der Waals surface area contributed by atoms with Gasteiger partial charge in [0.2, 0.25) is 0 Å². The van der Waals surface area contributed by atoms with E-state index in [1.54, 1.807) is 0 Å². The number of Topliss-reactive ketones (excluding diaryl/α,β-unsaturated/α-hetero) is 1. The predicted octanol–water partition coefficient (Wildman–Crippen LogP) is 4.31. The molecule has 0 heterocycles. The van der Waals surface area contributed by atoms with Crippen molar-refractivity contribution in [2.45, 2.75) is 63.3 Å². The van der Waals surface area contributed by atoms with Crippen molar-refractivity contribution in [2.24, 2.45) is 11.8 Å². The zero-order chi connectivity index (χ0) is 14.9. The molecule has 2 atom stereocenters. The quantitative estimate of drug-likeness (QED) is 0.760. The van der Waals surface area contributed by atoms with Crippen LogP contribution in [0.5, 0.6) is 0 Å². The lowest BCUT2D eigenvalue weighted by Crippen LogP contribution is -2.20. The third-order valence-corrected chi connectivity index (χ3v) is 5.74. The zero-order valence-electron chi connectivity index (χ0n) is 13.4. The summed E-state index contributed by atoms with van der Waals surface area (Å²) in [4.78, 5) is 12.5. The minimum atomic E-state index is 0.358. The van der Waals surface area contributed by atoms with Gasteiger partial charge in [-0.25, -0.2) is 0 Å². The predicted molar refractivity (Wildman–Crippen MR) is 89.2 cm³/mol. The van der Waals surface area contributed by atoms with Gasteiger partial charge in [0.15, 0.2) is 5.78 Å². The van der Waals surface area contributed by atoms with Gasteiger partial charge >= 0.3 is 0 Å². The van der Waals surface area contributed by atoms with E-state index in [4.69, 9.17) is 0 Å². The maximum Gasteiger partial charge on any atom is 0.163 e. The molecule has 4 rings (SSSR count). The normalized spacial score (nSPS) is 28.0. The average molecular weight is 297 g/mol. The molecule has 1 N–H and O–H groups in total. The molecular formula is C20H27NO.